The number of aromatic nitrogens is 1. The molecule has 0 unspecified atom stereocenters. The van der Waals surface area contributed by atoms with Gasteiger partial charge in [-0.3, -0.25) is 0 Å². The molecule has 1 aromatic heterocycles. The highest BCUT2D eigenvalue weighted by Crippen LogP contribution is 2.39. The molecule has 1 fully saturated rings. The molecule has 0 radical (unpaired) electrons. The van der Waals surface area contributed by atoms with Crippen molar-refractivity contribution in [3.63, 3.8) is 0 Å². The summed E-state index contributed by atoms with van der Waals surface area (Å²) in [6.45, 7) is 1.32. The van der Waals surface area contributed by atoms with Crippen molar-refractivity contribution in [2.24, 2.45) is 7.05 Å². The number of nitrogens with zero attached hydrogens (tertiary/aromatic N) is 2. The van der Waals surface area contributed by atoms with Crippen LogP contribution in [-0.4, -0.2) is 17.8 Å². The Morgan fingerprint density at radius 1 is 1.41 bits per heavy atom. The average molecular weight is 226 g/mol. The van der Waals surface area contributed by atoms with E-state index in [-0.39, 0.29) is 5.41 Å². The van der Waals surface area contributed by atoms with Crippen molar-refractivity contribution >= 4 is 10.9 Å². The van der Waals surface area contributed by atoms with Gasteiger partial charge < -0.3 is 9.30 Å². The fourth-order valence-electron chi connectivity index (χ4n) is 2.62. The second-order valence-corrected chi connectivity index (χ2v) is 4.78. The molecule has 0 atom stereocenters. The van der Waals surface area contributed by atoms with E-state index in [2.05, 4.69) is 29.0 Å². The highest BCUT2D eigenvalue weighted by atomic mass is 16.5. The van der Waals surface area contributed by atoms with E-state index in [1.165, 1.54) is 16.5 Å². The van der Waals surface area contributed by atoms with Gasteiger partial charge in [-0.25, -0.2) is 0 Å². The van der Waals surface area contributed by atoms with Gasteiger partial charge in [-0.1, -0.05) is 18.2 Å². The molecule has 1 aromatic carbocycles. The molecule has 0 bridgehead atoms. The minimum Gasteiger partial charge on any atom is -0.379 e. The number of aryl methyl sites for hydroxylation is 1. The molecule has 0 saturated carbocycles. The second kappa shape index (κ2) is 3.61. The van der Waals surface area contributed by atoms with E-state index in [0.717, 1.165) is 0 Å². The molecule has 3 heteroatoms. The Hall–Kier alpha value is -1.79. The molecule has 17 heavy (non-hydrogen) atoms. The smallest absolute Gasteiger partial charge is 0.0632 e. The summed E-state index contributed by atoms with van der Waals surface area (Å²) >= 11 is 0. The topological polar surface area (TPSA) is 38.0 Å². The SMILES string of the molecule is Cn1cc(C2(CC#N)COC2)c2ccccc21. The maximum Gasteiger partial charge on any atom is 0.0632 e. The first kappa shape index (κ1) is 10.4. The zero-order valence-electron chi connectivity index (χ0n) is 9.81. The predicted molar refractivity (Wildman–Crippen MR) is 65.6 cm³/mol. The molecule has 3 nitrogen and oxygen atoms in total. The van der Waals surface area contributed by atoms with Gasteiger partial charge in [0.05, 0.1) is 24.7 Å². The standard InChI is InChI=1S/C14H14N2O/c1-16-8-12(11-4-2-3-5-13(11)16)14(6-7-15)9-17-10-14/h2-5,8H,6,9-10H2,1H3. The molecule has 2 heterocycles. The van der Waals surface area contributed by atoms with Crippen LogP contribution >= 0.6 is 0 Å². The van der Waals surface area contributed by atoms with Gasteiger partial charge in [0.1, 0.15) is 0 Å². The van der Waals surface area contributed by atoms with Crippen LogP contribution in [0.15, 0.2) is 30.5 Å². The number of nitriles is 1. The van der Waals surface area contributed by atoms with Crippen LogP contribution in [0.5, 0.6) is 0 Å². The van der Waals surface area contributed by atoms with Crippen LogP contribution in [0.2, 0.25) is 0 Å². The largest absolute Gasteiger partial charge is 0.379 e. The summed E-state index contributed by atoms with van der Waals surface area (Å²) in [5.41, 5.74) is 2.38. The summed E-state index contributed by atoms with van der Waals surface area (Å²) < 4.78 is 7.47. The van der Waals surface area contributed by atoms with Crippen molar-refractivity contribution in [1.82, 2.24) is 4.57 Å². The fourth-order valence-corrected chi connectivity index (χ4v) is 2.62. The minimum atomic E-state index is -0.0877. The lowest BCUT2D eigenvalue weighted by atomic mass is 9.76. The van der Waals surface area contributed by atoms with Crippen molar-refractivity contribution in [3.8, 4) is 6.07 Å². The van der Waals surface area contributed by atoms with Crippen molar-refractivity contribution < 1.29 is 4.74 Å². The van der Waals surface area contributed by atoms with Crippen LogP contribution in [0.25, 0.3) is 10.9 Å². The first-order chi connectivity index (χ1) is 8.27. The van der Waals surface area contributed by atoms with Gasteiger partial charge in [0, 0.05) is 30.6 Å². The van der Waals surface area contributed by atoms with Gasteiger partial charge in [0.15, 0.2) is 0 Å². The summed E-state index contributed by atoms with van der Waals surface area (Å²) in [6.07, 6.45) is 2.67. The summed E-state index contributed by atoms with van der Waals surface area (Å²) in [5, 5.41) is 10.2. The third kappa shape index (κ3) is 1.38. The van der Waals surface area contributed by atoms with Crippen LogP contribution < -0.4 is 0 Å². The Labute approximate surface area is 100 Å². The zero-order valence-corrected chi connectivity index (χ0v) is 9.81. The molecular weight excluding hydrogens is 212 g/mol. The third-order valence-electron chi connectivity index (χ3n) is 3.64. The normalized spacial score (nSPS) is 17.6. The van der Waals surface area contributed by atoms with E-state index < -0.39 is 0 Å². The van der Waals surface area contributed by atoms with Crippen molar-refractivity contribution in [3.05, 3.63) is 36.0 Å². The van der Waals surface area contributed by atoms with E-state index in [1.807, 2.05) is 19.2 Å². The van der Waals surface area contributed by atoms with E-state index in [0.29, 0.717) is 19.6 Å². The quantitative estimate of drug-likeness (QED) is 0.788. The maximum atomic E-state index is 8.99. The Morgan fingerprint density at radius 2 is 2.18 bits per heavy atom. The molecule has 0 N–H and O–H groups in total. The van der Waals surface area contributed by atoms with E-state index in [4.69, 9.17) is 10.00 Å². The van der Waals surface area contributed by atoms with Gasteiger partial charge in [-0.05, 0) is 11.6 Å². The Bertz CT molecular complexity index is 602. The van der Waals surface area contributed by atoms with Crippen LogP contribution in [0.4, 0.5) is 0 Å². The lowest BCUT2D eigenvalue weighted by molar-refractivity contribution is -0.0570. The molecular formula is C14H14N2O. The highest BCUT2D eigenvalue weighted by Gasteiger charge is 2.42. The summed E-state index contributed by atoms with van der Waals surface area (Å²) in [4.78, 5) is 0. The first-order valence-corrected chi connectivity index (χ1v) is 5.76. The Morgan fingerprint density at radius 3 is 2.82 bits per heavy atom. The first-order valence-electron chi connectivity index (χ1n) is 5.76. The van der Waals surface area contributed by atoms with Gasteiger partial charge in [-0.15, -0.1) is 0 Å². The average Bonchev–Trinajstić information content (AvgIpc) is 2.63. The van der Waals surface area contributed by atoms with E-state index in [1.54, 1.807) is 0 Å². The van der Waals surface area contributed by atoms with Crippen LogP contribution in [-0.2, 0) is 17.2 Å². The molecule has 0 spiro atoms. The van der Waals surface area contributed by atoms with Crippen molar-refractivity contribution in [1.29, 1.82) is 5.26 Å². The van der Waals surface area contributed by atoms with E-state index in [9.17, 15) is 0 Å². The summed E-state index contributed by atoms with van der Waals surface area (Å²) in [7, 11) is 2.05. The molecule has 1 aliphatic rings. The number of rotatable bonds is 2. The fraction of sp³-hybridized carbons (Fsp3) is 0.357. The van der Waals surface area contributed by atoms with Crippen LogP contribution in [0.1, 0.15) is 12.0 Å². The predicted octanol–water partition coefficient (Wildman–Crippen LogP) is 2.36. The number of fused-ring (bicyclic) bond motifs is 1. The number of hydrogen-bond donors (Lipinski definition) is 0. The lowest BCUT2D eigenvalue weighted by Gasteiger charge is -2.39. The van der Waals surface area contributed by atoms with Gasteiger partial charge in [-0.2, -0.15) is 5.26 Å². The highest BCUT2D eigenvalue weighted by molar-refractivity contribution is 5.85. The zero-order chi connectivity index (χ0) is 11.9. The Kier molecular flexibility index (Phi) is 2.20. The summed E-state index contributed by atoms with van der Waals surface area (Å²) in [6, 6.07) is 10.6. The van der Waals surface area contributed by atoms with Gasteiger partial charge in [0.2, 0.25) is 0 Å². The number of para-hydroxylation sites is 1. The molecule has 0 amide bonds. The third-order valence-corrected chi connectivity index (χ3v) is 3.64. The monoisotopic (exact) mass is 226 g/mol. The van der Waals surface area contributed by atoms with Crippen LogP contribution in [0, 0.1) is 11.3 Å². The van der Waals surface area contributed by atoms with Gasteiger partial charge >= 0.3 is 0 Å². The lowest BCUT2D eigenvalue weighted by Crippen LogP contribution is -2.46. The summed E-state index contributed by atoms with van der Waals surface area (Å²) in [5.74, 6) is 0. The number of hydrogen-bond acceptors (Lipinski definition) is 2. The second-order valence-electron chi connectivity index (χ2n) is 4.78. The van der Waals surface area contributed by atoms with Crippen molar-refractivity contribution in [2.45, 2.75) is 11.8 Å². The van der Waals surface area contributed by atoms with Crippen molar-refractivity contribution in [2.75, 3.05) is 13.2 Å². The number of benzene rings is 1. The Balaban J connectivity index is 2.21. The van der Waals surface area contributed by atoms with E-state index >= 15 is 0 Å². The molecule has 0 aliphatic carbocycles. The molecule has 86 valence electrons. The molecule has 2 aromatic rings. The molecule has 1 aliphatic heterocycles. The molecule has 1 saturated heterocycles. The molecule has 3 rings (SSSR count). The number of ether oxygens (including phenoxy) is 1. The minimum absolute atomic E-state index is 0.0877. The van der Waals surface area contributed by atoms with Gasteiger partial charge in [0.25, 0.3) is 0 Å². The maximum absolute atomic E-state index is 8.99. The van der Waals surface area contributed by atoms with Crippen LogP contribution in [0.3, 0.4) is 0 Å².